The molecule has 1 N–H and O–H groups in total. The molecule has 1 aliphatic rings. The zero-order valence-electron chi connectivity index (χ0n) is 14.2. The molecule has 1 aromatic heterocycles. The summed E-state index contributed by atoms with van der Waals surface area (Å²) >= 11 is 1.57. The molecule has 2 heterocycles. The number of aryl methyl sites for hydroxylation is 1. The third kappa shape index (κ3) is 5.21. The number of piperidine rings is 1. The Bertz CT molecular complexity index is 751. The Labute approximate surface area is 151 Å². The molecule has 0 radical (unpaired) electrons. The van der Waals surface area contributed by atoms with Crippen LogP contribution >= 0.6 is 11.3 Å². The minimum Gasteiger partial charge on any atom is -0.350 e. The van der Waals surface area contributed by atoms with Gasteiger partial charge in [0.2, 0.25) is 5.91 Å². The van der Waals surface area contributed by atoms with Gasteiger partial charge in [0.25, 0.3) is 0 Å². The minimum atomic E-state index is -0.152. The highest BCUT2D eigenvalue weighted by Crippen LogP contribution is 2.16. The molecule has 4 nitrogen and oxygen atoms in total. The molecule has 0 aliphatic carbocycles. The normalized spacial score (nSPS) is 16.4. The van der Waals surface area contributed by atoms with E-state index in [1.54, 1.807) is 29.6 Å². The molecule has 0 saturated carbocycles. The van der Waals surface area contributed by atoms with E-state index in [0.717, 1.165) is 42.2 Å². The van der Waals surface area contributed by atoms with Gasteiger partial charge in [-0.2, -0.15) is 0 Å². The van der Waals surface area contributed by atoms with Gasteiger partial charge in [0, 0.05) is 42.7 Å². The lowest BCUT2D eigenvalue weighted by molar-refractivity contribution is -0.117. The number of carbonyl (C=O) groups excluding carboxylic acids is 1. The first-order chi connectivity index (χ1) is 12.1. The van der Waals surface area contributed by atoms with E-state index >= 15 is 0 Å². The third-order valence-electron chi connectivity index (χ3n) is 4.33. The number of carbonyl (C=O) groups is 1. The highest BCUT2D eigenvalue weighted by Gasteiger charge is 2.20. The summed E-state index contributed by atoms with van der Waals surface area (Å²) in [5.41, 5.74) is 1.55. The summed E-state index contributed by atoms with van der Waals surface area (Å²) in [6, 6.07) is 7.07. The summed E-state index contributed by atoms with van der Waals surface area (Å²) in [7, 11) is 0. The van der Waals surface area contributed by atoms with E-state index in [9.17, 15) is 9.18 Å². The molecule has 6 heteroatoms. The first-order valence-electron chi connectivity index (χ1n) is 8.46. The van der Waals surface area contributed by atoms with Gasteiger partial charge in [-0.15, -0.1) is 11.3 Å². The summed E-state index contributed by atoms with van der Waals surface area (Å²) in [6.45, 7) is 4.27. The topological polar surface area (TPSA) is 45.2 Å². The maximum absolute atomic E-state index is 13.7. The average molecular weight is 359 g/mol. The van der Waals surface area contributed by atoms with Gasteiger partial charge in [-0.3, -0.25) is 9.69 Å². The van der Waals surface area contributed by atoms with Crippen molar-refractivity contribution in [1.29, 1.82) is 0 Å². The van der Waals surface area contributed by atoms with Crippen molar-refractivity contribution in [2.75, 3.05) is 13.1 Å². The molecule has 0 spiro atoms. The third-order valence-corrected chi connectivity index (χ3v) is 5.12. The second-order valence-electron chi connectivity index (χ2n) is 6.28. The molecular weight excluding hydrogens is 337 g/mol. The molecular formula is C19H22FN3OS. The summed E-state index contributed by atoms with van der Waals surface area (Å²) < 4.78 is 13.7. The predicted octanol–water partition coefficient (Wildman–Crippen LogP) is 3.38. The fraction of sp³-hybridized carbons (Fsp3) is 0.368. The maximum atomic E-state index is 13.7. The van der Waals surface area contributed by atoms with Crippen LogP contribution in [0.2, 0.25) is 0 Å². The van der Waals surface area contributed by atoms with Gasteiger partial charge < -0.3 is 5.32 Å². The molecule has 2 aromatic rings. The lowest BCUT2D eigenvalue weighted by Gasteiger charge is -2.32. The van der Waals surface area contributed by atoms with E-state index in [4.69, 9.17) is 0 Å². The van der Waals surface area contributed by atoms with E-state index in [0.29, 0.717) is 6.54 Å². The van der Waals surface area contributed by atoms with Crippen molar-refractivity contribution in [2.24, 2.45) is 0 Å². The molecule has 1 amide bonds. The van der Waals surface area contributed by atoms with Crippen molar-refractivity contribution in [3.63, 3.8) is 0 Å². The molecule has 132 valence electrons. The van der Waals surface area contributed by atoms with Gasteiger partial charge in [-0.05, 0) is 31.9 Å². The number of nitrogens with zero attached hydrogens (tertiary/aromatic N) is 2. The molecule has 0 bridgehead atoms. The fourth-order valence-corrected chi connectivity index (χ4v) is 3.55. The van der Waals surface area contributed by atoms with Crippen LogP contribution in [0, 0.1) is 12.7 Å². The highest BCUT2D eigenvalue weighted by molar-refractivity contribution is 7.09. The van der Waals surface area contributed by atoms with E-state index in [1.165, 1.54) is 6.07 Å². The Kier molecular flexibility index (Phi) is 5.94. The molecule has 1 saturated heterocycles. The SMILES string of the molecule is Cc1nc(/C=C\C(=O)NC2CCN(Cc3ccccc3F)CC2)cs1. The molecule has 3 rings (SSSR count). The van der Waals surface area contributed by atoms with Crippen molar-refractivity contribution in [3.05, 3.63) is 57.8 Å². The van der Waals surface area contributed by atoms with Crippen molar-refractivity contribution in [2.45, 2.75) is 32.4 Å². The Hall–Kier alpha value is -2.05. The van der Waals surface area contributed by atoms with Gasteiger partial charge in [-0.1, -0.05) is 18.2 Å². The van der Waals surface area contributed by atoms with Crippen molar-refractivity contribution in [1.82, 2.24) is 15.2 Å². The summed E-state index contributed by atoms with van der Waals surface area (Å²) in [6.07, 6.45) is 5.04. The Morgan fingerprint density at radius 2 is 2.16 bits per heavy atom. The van der Waals surface area contributed by atoms with E-state index in [1.807, 2.05) is 24.4 Å². The predicted molar refractivity (Wildman–Crippen MR) is 98.7 cm³/mol. The standard InChI is InChI=1S/C19H22FN3OS/c1-14-21-17(13-25-14)6-7-19(24)22-16-8-10-23(11-9-16)12-15-4-2-3-5-18(15)20/h2-7,13,16H,8-12H2,1H3,(H,22,24)/b7-6-. The Morgan fingerprint density at radius 3 is 2.84 bits per heavy atom. The van der Waals surface area contributed by atoms with Gasteiger partial charge in [0.1, 0.15) is 5.82 Å². The van der Waals surface area contributed by atoms with Gasteiger partial charge in [0.15, 0.2) is 0 Å². The van der Waals surface area contributed by atoms with E-state index < -0.39 is 0 Å². The number of nitrogens with one attached hydrogen (secondary N) is 1. The largest absolute Gasteiger partial charge is 0.350 e. The summed E-state index contributed by atoms with van der Waals surface area (Å²) in [4.78, 5) is 18.6. The monoisotopic (exact) mass is 359 g/mol. The molecule has 0 unspecified atom stereocenters. The van der Waals surface area contributed by atoms with E-state index in [-0.39, 0.29) is 17.8 Å². The number of benzene rings is 1. The molecule has 1 fully saturated rings. The second-order valence-corrected chi connectivity index (χ2v) is 7.34. The average Bonchev–Trinajstić information content (AvgIpc) is 3.02. The highest BCUT2D eigenvalue weighted by atomic mass is 32.1. The van der Waals surface area contributed by atoms with Crippen LogP contribution in [0.15, 0.2) is 35.7 Å². The number of amides is 1. The van der Waals surface area contributed by atoms with Crippen LogP contribution in [-0.2, 0) is 11.3 Å². The van der Waals surface area contributed by atoms with Gasteiger partial charge in [0.05, 0.1) is 10.7 Å². The van der Waals surface area contributed by atoms with Crippen LogP contribution < -0.4 is 5.32 Å². The quantitative estimate of drug-likeness (QED) is 0.833. The van der Waals surface area contributed by atoms with Gasteiger partial charge in [-0.25, -0.2) is 9.37 Å². The number of aromatic nitrogens is 1. The van der Waals surface area contributed by atoms with E-state index in [2.05, 4.69) is 15.2 Å². The first-order valence-corrected chi connectivity index (χ1v) is 9.34. The van der Waals surface area contributed by atoms with Crippen LogP contribution in [-0.4, -0.2) is 34.9 Å². The van der Waals surface area contributed by atoms with Crippen LogP contribution in [0.3, 0.4) is 0 Å². The first kappa shape index (κ1) is 17.8. The zero-order valence-corrected chi connectivity index (χ0v) is 15.1. The molecule has 1 aromatic carbocycles. The summed E-state index contributed by atoms with van der Waals surface area (Å²) in [5, 5.41) is 5.96. The van der Waals surface area contributed by atoms with Crippen LogP contribution in [0.25, 0.3) is 6.08 Å². The maximum Gasteiger partial charge on any atom is 0.244 e. The van der Waals surface area contributed by atoms with Crippen molar-refractivity contribution in [3.8, 4) is 0 Å². The fourth-order valence-electron chi connectivity index (χ4n) is 2.97. The van der Waals surface area contributed by atoms with Crippen molar-refractivity contribution >= 4 is 23.3 Å². The lowest BCUT2D eigenvalue weighted by Crippen LogP contribution is -2.44. The minimum absolute atomic E-state index is 0.0850. The molecule has 0 atom stereocenters. The number of hydrogen-bond acceptors (Lipinski definition) is 4. The smallest absolute Gasteiger partial charge is 0.244 e. The second kappa shape index (κ2) is 8.36. The molecule has 1 aliphatic heterocycles. The number of likely N-dealkylation sites (tertiary alicyclic amines) is 1. The van der Waals surface area contributed by atoms with Crippen LogP contribution in [0.5, 0.6) is 0 Å². The number of rotatable bonds is 5. The number of thiazole rings is 1. The Balaban J connectivity index is 1.44. The summed E-state index contributed by atoms with van der Waals surface area (Å²) in [5.74, 6) is -0.237. The number of hydrogen-bond donors (Lipinski definition) is 1. The Morgan fingerprint density at radius 1 is 1.40 bits per heavy atom. The number of halogens is 1. The van der Waals surface area contributed by atoms with Crippen LogP contribution in [0.1, 0.15) is 29.1 Å². The van der Waals surface area contributed by atoms with Crippen molar-refractivity contribution < 1.29 is 9.18 Å². The molecule has 25 heavy (non-hydrogen) atoms. The zero-order chi connectivity index (χ0) is 17.6. The van der Waals surface area contributed by atoms with Gasteiger partial charge >= 0.3 is 0 Å². The van der Waals surface area contributed by atoms with Crippen LogP contribution in [0.4, 0.5) is 4.39 Å². The lowest BCUT2D eigenvalue weighted by atomic mass is 10.0.